The number of hydrogen-bond donors (Lipinski definition) is 0. The Balaban J connectivity index is 1.43. The van der Waals surface area contributed by atoms with Gasteiger partial charge in [0.1, 0.15) is 22.4 Å². The summed E-state index contributed by atoms with van der Waals surface area (Å²) in [4.78, 5) is 32.5. The monoisotopic (exact) mass is 542 g/mol. The normalized spacial score (nSPS) is 16.7. The number of thioether (sulfide) groups is 1. The first-order chi connectivity index (χ1) is 18.5. The van der Waals surface area contributed by atoms with Gasteiger partial charge >= 0.3 is 0 Å². The van der Waals surface area contributed by atoms with Crippen LogP contribution in [0.3, 0.4) is 0 Å². The Morgan fingerprint density at radius 3 is 2.37 bits per heavy atom. The van der Waals surface area contributed by atoms with Crippen LogP contribution in [0.15, 0.2) is 82.1 Å². The molecule has 38 heavy (non-hydrogen) atoms. The number of aryl methyl sites for hydroxylation is 1. The lowest BCUT2D eigenvalue weighted by Gasteiger charge is -2.35. The highest BCUT2D eigenvalue weighted by Gasteiger charge is 2.33. The van der Waals surface area contributed by atoms with Gasteiger partial charge in [-0.15, -0.1) is 11.3 Å². The van der Waals surface area contributed by atoms with E-state index in [2.05, 4.69) is 6.07 Å². The van der Waals surface area contributed by atoms with Crippen molar-refractivity contribution in [3.63, 3.8) is 0 Å². The van der Waals surface area contributed by atoms with Gasteiger partial charge in [-0.2, -0.15) is 5.26 Å². The van der Waals surface area contributed by atoms with Crippen molar-refractivity contribution in [3.8, 4) is 11.8 Å². The zero-order valence-corrected chi connectivity index (χ0v) is 22.7. The Kier molecular flexibility index (Phi) is 7.54. The minimum atomic E-state index is -0.323. The second-order valence-electron chi connectivity index (χ2n) is 8.88. The molecule has 1 fully saturated rings. The molecular formula is C29H26N4O3S2. The van der Waals surface area contributed by atoms with Gasteiger partial charge in [-0.1, -0.05) is 47.7 Å². The molecule has 2 aliphatic heterocycles. The van der Waals surface area contributed by atoms with Crippen LogP contribution in [0.25, 0.3) is 5.70 Å². The first kappa shape index (κ1) is 25.6. The largest absolute Gasteiger partial charge is 0.497 e. The van der Waals surface area contributed by atoms with Crippen LogP contribution in [0.1, 0.15) is 20.8 Å². The molecule has 2 aliphatic rings. The lowest BCUT2D eigenvalue weighted by Crippen LogP contribution is -2.51. The van der Waals surface area contributed by atoms with E-state index < -0.39 is 0 Å². The average molecular weight is 543 g/mol. The van der Waals surface area contributed by atoms with Crippen LogP contribution in [0, 0.1) is 18.3 Å². The molecule has 9 heteroatoms. The summed E-state index contributed by atoms with van der Waals surface area (Å²) in [6.45, 7) is 3.63. The number of anilines is 1. The second-order valence-corrected chi connectivity index (χ2v) is 10.7. The molecule has 192 valence electrons. The molecule has 2 amide bonds. The highest BCUT2D eigenvalue weighted by molar-refractivity contribution is 8.06. The Morgan fingerprint density at radius 1 is 0.974 bits per heavy atom. The second kappa shape index (κ2) is 11.2. The summed E-state index contributed by atoms with van der Waals surface area (Å²) < 4.78 is 5.43. The van der Waals surface area contributed by atoms with Crippen molar-refractivity contribution in [2.45, 2.75) is 6.92 Å². The van der Waals surface area contributed by atoms with E-state index in [9.17, 15) is 14.9 Å². The fourth-order valence-corrected chi connectivity index (χ4v) is 6.16. The van der Waals surface area contributed by atoms with Crippen molar-refractivity contribution in [1.29, 1.82) is 5.26 Å². The molecule has 0 saturated carbocycles. The van der Waals surface area contributed by atoms with Crippen LogP contribution in [0.2, 0.25) is 0 Å². The lowest BCUT2D eigenvalue weighted by atomic mass is 10.1. The number of rotatable bonds is 5. The van der Waals surface area contributed by atoms with Gasteiger partial charge < -0.3 is 19.4 Å². The maximum atomic E-state index is 13.7. The van der Waals surface area contributed by atoms with Gasteiger partial charge in [0.25, 0.3) is 11.8 Å². The fourth-order valence-electron chi connectivity index (χ4n) is 4.44. The molecule has 5 rings (SSSR count). The molecule has 0 unspecified atom stereocenters. The molecule has 0 N–H and O–H groups in total. The van der Waals surface area contributed by atoms with E-state index >= 15 is 0 Å². The topological polar surface area (TPSA) is 76.9 Å². The van der Waals surface area contributed by atoms with E-state index in [1.54, 1.807) is 16.9 Å². The Labute approximate surface area is 230 Å². The van der Waals surface area contributed by atoms with E-state index in [4.69, 9.17) is 4.74 Å². The molecule has 0 aliphatic carbocycles. The van der Waals surface area contributed by atoms with E-state index in [0.29, 0.717) is 36.1 Å². The third-order valence-corrected chi connectivity index (χ3v) is 8.32. The summed E-state index contributed by atoms with van der Waals surface area (Å²) in [5.41, 5.74) is 3.83. The third-order valence-electron chi connectivity index (χ3n) is 6.51. The number of hydrogen-bond acceptors (Lipinski definition) is 7. The van der Waals surface area contributed by atoms with Crippen molar-refractivity contribution in [1.82, 2.24) is 9.80 Å². The van der Waals surface area contributed by atoms with E-state index in [1.165, 1.54) is 23.1 Å². The van der Waals surface area contributed by atoms with Crippen LogP contribution in [0.4, 0.5) is 5.69 Å². The lowest BCUT2D eigenvalue weighted by molar-refractivity contribution is -0.128. The van der Waals surface area contributed by atoms with Gasteiger partial charge in [-0.05, 0) is 42.6 Å². The average Bonchev–Trinajstić information content (AvgIpc) is 3.65. The van der Waals surface area contributed by atoms with Crippen molar-refractivity contribution in [3.05, 3.63) is 98.1 Å². The summed E-state index contributed by atoms with van der Waals surface area (Å²) in [5.74, 6) is 0.381. The molecule has 1 aromatic heterocycles. The fraction of sp³-hybridized carbons (Fsp3) is 0.207. The quantitative estimate of drug-likeness (QED) is 0.320. The molecule has 3 aromatic rings. The van der Waals surface area contributed by atoms with E-state index in [1.807, 2.05) is 83.3 Å². The molecule has 0 radical (unpaired) electrons. The number of ether oxygens (including phenoxy) is 1. The summed E-state index contributed by atoms with van der Waals surface area (Å²) >= 11 is 2.78. The van der Waals surface area contributed by atoms with Gasteiger partial charge in [-0.25, -0.2) is 0 Å². The Bertz CT molecular complexity index is 1450. The van der Waals surface area contributed by atoms with Crippen LogP contribution in [0.5, 0.6) is 5.75 Å². The van der Waals surface area contributed by atoms with Gasteiger partial charge in [-0.3, -0.25) is 9.59 Å². The molecule has 3 heterocycles. The van der Waals surface area contributed by atoms with Crippen LogP contribution in [-0.4, -0.2) is 54.9 Å². The smallest absolute Gasteiger partial charge is 0.267 e. The van der Waals surface area contributed by atoms with Gasteiger partial charge in [0, 0.05) is 42.8 Å². The molecule has 2 aromatic carbocycles. The number of nitrogens with zero attached hydrogens (tertiary/aromatic N) is 4. The number of methoxy groups -OCH3 is 1. The van der Waals surface area contributed by atoms with Crippen LogP contribution in [-0.2, 0) is 4.79 Å². The van der Waals surface area contributed by atoms with Crippen LogP contribution >= 0.6 is 23.1 Å². The number of carbonyl (C=O) groups excluding carboxylic acids is 2. The van der Waals surface area contributed by atoms with Gasteiger partial charge in [0.2, 0.25) is 0 Å². The van der Waals surface area contributed by atoms with E-state index in [0.717, 1.165) is 28.3 Å². The summed E-state index contributed by atoms with van der Waals surface area (Å²) in [7, 11) is 1.63. The molecule has 1 saturated heterocycles. The number of piperazine rings is 1. The minimum Gasteiger partial charge on any atom is -0.497 e. The summed E-state index contributed by atoms with van der Waals surface area (Å²) in [6.07, 6.45) is 0. The molecular weight excluding hydrogens is 516 g/mol. The Hall–Kier alpha value is -4.00. The van der Waals surface area contributed by atoms with Gasteiger partial charge in [0.15, 0.2) is 0 Å². The van der Waals surface area contributed by atoms with Crippen molar-refractivity contribution >= 4 is 46.3 Å². The van der Waals surface area contributed by atoms with Crippen molar-refractivity contribution in [2.24, 2.45) is 0 Å². The first-order valence-electron chi connectivity index (χ1n) is 12.1. The number of nitriles is 1. The molecule has 0 atom stereocenters. The van der Waals surface area contributed by atoms with Crippen molar-refractivity contribution < 1.29 is 14.3 Å². The minimum absolute atomic E-state index is 0.0185. The highest BCUT2D eigenvalue weighted by Crippen LogP contribution is 2.45. The highest BCUT2D eigenvalue weighted by atomic mass is 32.2. The summed E-state index contributed by atoms with van der Waals surface area (Å²) in [6, 6.07) is 21.6. The number of amides is 2. The predicted octanol–water partition coefficient (Wildman–Crippen LogP) is 5.34. The number of benzene rings is 2. The summed E-state index contributed by atoms with van der Waals surface area (Å²) in [5, 5.41) is 14.6. The van der Waals surface area contributed by atoms with Gasteiger partial charge in [0.05, 0.1) is 17.7 Å². The maximum absolute atomic E-state index is 13.7. The Morgan fingerprint density at radius 2 is 1.71 bits per heavy atom. The maximum Gasteiger partial charge on any atom is 0.267 e. The molecule has 0 spiro atoms. The zero-order chi connectivity index (χ0) is 26.6. The standard InChI is InChI=1S/C29H26N4O3S2/c1-20-8-10-22(11-9-20)33-25(21-5-3-6-23(17-21)36-2)19-38-29(33)24(18-30)27(34)31-12-14-32(15-13-31)28(35)26-7-4-16-37-26/h3-11,16-17,19H,12-15H2,1-2H3/b29-24-. The molecule has 7 nitrogen and oxygen atoms in total. The van der Waals surface area contributed by atoms with E-state index in [-0.39, 0.29) is 17.4 Å². The van der Waals surface area contributed by atoms with Crippen molar-refractivity contribution in [2.75, 3.05) is 38.2 Å². The first-order valence-corrected chi connectivity index (χ1v) is 13.9. The number of carbonyl (C=O) groups is 2. The predicted molar refractivity (Wildman–Crippen MR) is 152 cm³/mol. The molecule has 0 bridgehead atoms. The van der Waals surface area contributed by atoms with Crippen LogP contribution < -0.4 is 9.64 Å². The SMILES string of the molecule is COc1cccc(C2=CS/C(=C(/C#N)C(=O)N3CCN(C(=O)c4cccs4)CC3)N2c2ccc(C)cc2)c1. The number of thiophene rings is 1. The third kappa shape index (κ3) is 5.05. The zero-order valence-electron chi connectivity index (χ0n) is 21.1.